The predicted octanol–water partition coefficient (Wildman–Crippen LogP) is 1.59. The van der Waals surface area contributed by atoms with Gasteiger partial charge in [0.15, 0.2) is 0 Å². The summed E-state index contributed by atoms with van der Waals surface area (Å²) < 4.78 is 4.78. The Morgan fingerprint density at radius 3 is 2.95 bits per heavy atom. The van der Waals surface area contributed by atoms with E-state index in [1.54, 1.807) is 29.3 Å². The minimum absolute atomic E-state index is 0.247. The molecule has 2 heterocycles. The maximum atomic E-state index is 12.8. The number of methoxy groups -OCH3 is 1. The SMILES string of the molecule is COC(=O)C1CCCN1C(=O)c1nccc2cc(N)ccc12. The van der Waals surface area contributed by atoms with E-state index in [0.29, 0.717) is 24.3 Å². The van der Waals surface area contributed by atoms with Crippen molar-refractivity contribution in [3.05, 3.63) is 36.2 Å². The quantitative estimate of drug-likeness (QED) is 0.672. The molecular formula is C16H17N3O3. The Labute approximate surface area is 127 Å². The van der Waals surface area contributed by atoms with Gasteiger partial charge in [0.1, 0.15) is 11.7 Å². The first kappa shape index (κ1) is 14.3. The molecule has 3 rings (SSSR count). The molecule has 0 aliphatic carbocycles. The van der Waals surface area contributed by atoms with Gasteiger partial charge in [0.05, 0.1) is 7.11 Å². The second kappa shape index (κ2) is 5.63. The predicted molar refractivity (Wildman–Crippen MR) is 82.2 cm³/mol. The molecule has 1 aliphatic heterocycles. The van der Waals surface area contributed by atoms with E-state index in [4.69, 9.17) is 10.5 Å². The Morgan fingerprint density at radius 2 is 2.18 bits per heavy atom. The number of esters is 1. The zero-order valence-electron chi connectivity index (χ0n) is 12.3. The number of fused-ring (bicyclic) bond motifs is 1. The molecule has 1 atom stereocenters. The molecule has 1 saturated heterocycles. The van der Waals surface area contributed by atoms with E-state index >= 15 is 0 Å². The van der Waals surface area contributed by atoms with E-state index in [1.807, 2.05) is 6.07 Å². The zero-order chi connectivity index (χ0) is 15.7. The highest BCUT2D eigenvalue weighted by Gasteiger charge is 2.36. The van der Waals surface area contributed by atoms with Gasteiger partial charge in [-0.2, -0.15) is 0 Å². The van der Waals surface area contributed by atoms with Crippen LogP contribution >= 0.6 is 0 Å². The average Bonchev–Trinajstić information content (AvgIpc) is 3.02. The van der Waals surface area contributed by atoms with E-state index in [9.17, 15) is 9.59 Å². The van der Waals surface area contributed by atoms with Gasteiger partial charge in [-0.05, 0) is 42.5 Å². The van der Waals surface area contributed by atoms with Crippen LogP contribution in [0, 0.1) is 0 Å². The first-order valence-corrected chi connectivity index (χ1v) is 7.15. The van der Waals surface area contributed by atoms with Gasteiger partial charge in [0.2, 0.25) is 0 Å². The summed E-state index contributed by atoms with van der Waals surface area (Å²) >= 11 is 0. The molecule has 1 amide bonds. The third-order valence-electron chi connectivity index (χ3n) is 3.98. The van der Waals surface area contributed by atoms with Gasteiger partial charge in [0.25, 0.3) is 5.91 Å². The molecule has 0 radical (unpaired) electrons. The van der Waals surface area contributed by atoms with E-state index in [-0.39, 0.29) is 11.9 Å². The number of anilines is 1. The number of hydrogen-bond donors (Lipinski definition) is 1. The lowest BCUT2D eigenvalue weighted by molar-refractivity contribution is -0.145. The topological polar surface area (TPSA) is 85.5 Å². The minimum atomic E-state index is -0.525. The van der Waals surface area contributed by atoms with Crippen LogP contribution in [0.2, 0.25) is 0 Å². The Hall–Kier alpha value is -2.63. The molecular weight excluding hydrogens is 282 g/mol. The number of hydrogen-bond acceptors (Lipinski definition) is 5. The monoisotopic (exact) mass is 299 g/mol. The lowest BCUT2D eigenvalue weighted by Gasteiger charge is -2.22. The average molecular weight is 299 g/mol. The Bertz CT molecular complexity index is 744. The second-order valence-electron chi connectivity index (χ2n) is 5.32. The van der Waals surface area contributed by atoms with Crippen LogP contribution in [0.4, 0.5) is 5.69 Å². The Morgan fingerprint density at radius 1 is 1.36 bits per heavy atom. The van der Waals surface area contributed by atoms with E-state index in [0.717, 1.165) is 17.2 Å². The number of benzene rings is 1. The summed E-state index contributed by atoms with van der Waals surface area (Å²) in [6.45, 7) is 0.533. The molecule has 0 spiro atoms. The van der Waals surface area contributed by atoms with Crippen molar-refractivity contribution >= 4 is 28.3 Å². The minimum Gasteiger partial charge on any atom is -0.467 e. The lowest BCUT2D eigenvalue weighted by atomic mass is 10.1. The maximum Gasteiger partial charge on any atom is 0.328 e. The molecule has 1 aliphatic rings. The van der Waals surface area contributed by atoms with Crippen LogP contribution in [0.3, 0.4) is 0 Å². The highest BCUT2D eigenvalue weighted by atomic mass is 16.5. The van der Waals surface area contributed by atoms with Crippen molar-refractivity contribution < 1.29 is 14.3 Å². The third kappa shape index (κ3) is 2.36. The number of ether oxygens (including phenoxy) is 1. The number of carbonyl (C=O) groups is 2. The number of aromatic nitrogens is 1. The molecule has 22 heavy (non-hydrogen) atoms. The molecule has 114 valence electrons. The normalized spacial score (nSPS) is 17.7. The summed E-state index contributed by atoms with van der Waals surface area (Å²) in [4.78, 5) is 30.4. The Balaban J connectivity index is 2.00. The van der Waals surface area contributed by atoms with Gasteiger partial charge in [-0.3, -0.25) is 9.78 Å². The summed E-state index contributed by atoms with van der Waals surface area (Å²) in [5.74, 6) is -0.626. The fourth-order valence-electron chi connectivity index (χ4n) is 2.89. The number of carbonyl (C=O) groups excluding carboxylic acids is 2. The molecule has 1 aromatic heterocycles. The van der Waals surface area contributed by atoms with Crippen LogP contribution in [0.25, 0.3) is 10.8 Å². The van der Waals surface area contributed by atoms with Crippen molar-refractivity contribution in [2.45, 2.75) is 18.9 Å². The number of nitrogen functional groups attached to an aromatic ring is 1. The van der Waals surface area contributed by atoms with Crippen molar-refractivity contribution in [3.63, 3.8) is 0 Å². The first-order chi connectivity index (χ1) is 10.6. The van der Waals surface area contributed by atoms with Crippen molar-refractivity contribution in [2.75, 3.05) is 19.4 Å². The maximum absolute atomic E-state index is 12.8. The largest absolute Gasteiger partial charge is 0.467 e. The summed E-state index contributed by atoms with van der Waals surface area (Å²) in [6.07, 6.45) is 2.98. The molecule has 0 bridgehead atoms. The molecule has 6 heteroatoms. The van der Waals surface area contributed by atoms with Crippen LogP contribution in [-0.4, -0.2) is 41.5 Å². The van der Waals surface area contributed by atoms with Gasteiger partial charge in [-0.1, -0.05) is 0 Å². The number of nitrogens with zero attached hydrogens (tertiary/aromatic N) is 2. The van der Waals surface area contributed by atoms with Crippen LogP contribution < -0.4 is 5.73 Å². The first-order valence-electron chi connectivity index (χ1n) is 7.15. The fourth-order valence-corrected chi connectivity index (χ4v) is 2.89. The summed E-state index contributed by atoms with van der Waals surface area (Å²) in [5.41, 5.74) is 6.75. The molecule has 0 saturated carbocycles. The van der Waals surface area contributed by atoms with E-state index in [2.05, 4.69) is 4.98 Å². The van der Waals surface area contributed by atoms with Gasteiger partial charge in [-0.25, -0.2) is 4.79 Å². The number of pyridine rings is 1. The van der Waals surface area contributed by atoms with Gasteiger partial charge in [-0.15, -0.1) is 0 Å². The molecule has 2 N–H and O–H groups in total. The zero-order valence-corrected chi connectivity index (χ0v) is 12.3. The summed E-state index contributed by atoms with van der Waals surface area (Å²) in [6, 6.07) is 6.61. The second-order valence-corrected chi connectivity index (χ2v) is 5.32. The molecule has 2 aromatic rings. The highest BCUT2D eigenvalue weighted by Crippen LogP contribution is 2.25. The van der Waals surface area contributed by atoms with Crippen LogP contribution in [0.5, 0.6) is 0 Å². The third-order valence-corrected chi connectivity index (χ3v) is 3.98. The number of rotatable bonds is 2. The van der Waals surface area contributed by atoms with Crippen molar-refractivity contribution in [2.24, 2.45) is 0 Å². The molecule has 1 fully saturated rings. The highest BCUT2D eigenvalue weighted by molar-refractivity contribution is 6.06. The lowest BCUT2D eigenvalue weighted by Crippen LogP contribution is -2.41. The van der Waals surface area contributed by atoms with Crippen molar-refractivity contribution in [3.8, 4) is 0 Å². The van der Waals surface area contributed by atoms with Gasteiger partial charge < -0.3 is 15.4 Å². The molecule has 6 nitrogen and oxygen atoms in total. The standard InChI is InChI=1S/C16H17N3O3/c1-22-16(21)13-3-2-8-19(13)15(20)14-12-5-4-11(17)9-10(12)6-7-18-14/h4-7,9,13H,2-3,8,17H2,1H3. The summed E-state index contributed by atoms with van der Waals surface area (Å²) in [5, 5.41) is 1.59. The van der Waals surface area contributed by atoms with Crippen LogP contribution in [0.1, 0.15) is 23.3 Å². The van der Waals surface area contributed by atoms with Crippen molar-refractivity contribution in [1.82, 2.24) is 9.88 Å². The Kier molecular flexibility index (Phi) is 3.66. The summed E-state index contributed by atoms with van der Waals surface area (Å²) in [7, 11) is 1.34. The number of nitrogens with two attached hydrogens (primary N) is 1. The van der Waals surface area contributed by atoms with E-state index in [1.165, 1.54) is 7.11 Å². The fraction of sp³-hybridized carbons (Fsp3) is 0.312. The number of amides is 1. The van der Waals surface area contributed by atoms with Gasteiger partial charge >= 0.3 is 5.97 Å². The van der Waals surface area contributed by atoms with Gasteiger partial charge in [0, 0.05) is 23.8 Å². The van der Waals surface area contributed by atoms with Crippen LogP contribution in [0.15, 0.2) is 30.5 Å². The molecule has 1 unspecified atom stereocenters. The van der Waals surface area contributed by atoms with E-state index < -0.39 is 6.04 Å². The smallest absolute Gasteiger partial charge is 0.328 e. The van der Waals surface area contributed by atoms with Crippen LogP contribution in [-0.2, 0) is 9.53 Å². The molecule has 1 aromatic carbocycles. The van der Waals surface area contributed by atoms with Crippen molar-refractivity contribution in [1.29, 1.82) is 0 Å². The number of likely N-dealkylation sites (tertiary alicyclic amines) is 1.